The van der Waals surface area contributed by atoms with Crippen LogP contribution in [-0.4, -0.2) is 43.2 Å². The first-order valence-electron chi connectivity index (χ1n) is 10.8. The van der Waals surface area contributed by atoms with E-state index in [1.54, 1.807) is 0 Å². The van der Waals surface area contributed by atoms with Gasteiger partial charge in [0.2, 0.25) is 5.91 Å². The van der Waals surface area contributed by atoms with Gasteiger partial charge in [-0.1, -0.05) is 64.4 Å². The molecular weight excluding hydrogens is 398 g/mol. The standard InChI is InChI=1S/C23H37N3O5/c1-6-16(4)21(24)22(28)25-18(12-15(2)3)19(13-20(27)30-5)26-23(29)31-14-17-10-8-7-9-11-17/h7-11,15-16,18-19,21H,6,12-14,24H2,1-5H3,(H,25,28)(H,26,29)/t16-,18-,19-,21-/m0/s1. The Morgan fingerprint density at radius 2 is 1.68 bits per heavy atom. The number of hydrogen-bond donors (Lipinski definition) is 3. The Morgan fingerprint density at radius 1 is 1.03 bits per heavy atom. The lowest BCUT2D eigenvalue weighted by atomic mass is 9.93. The topological polar surface area (TPSA) is 120 Å². The molecule has 0 aliphatic carbocycles. The summed E-state index contributed by atoms with van der Waals surface area (Å²) in [6.45, 7) is 7.96. The number of rotatable bonds is 12. The highest BCUT2D eigenvalue weighted by molar-refractivity contribution is 5.82. The van der Waals surface area contributed by atoms with Gasteiger partial charge in [0.05, 0.1) is 31.7 Å². The number of alkyl carbamates (subject to hydrolysis) is 1. The lowest BCUT2D eigenvalue weighted by molar-refractivity contribution is -0.141. The summed E-state index contributed by atoms with van der Waals surface area (Å²) in [6.07, 6.45) is 0.526. The van der Waals surface area contributed by atoms with E-state index in [0.29, 0.717) is 6.42 Å². The highest BCUT2D eigenvalue weighted by Gasteiger charge is 2.31. The van der Waals surface area contributed by atoms with Crippen LogP contribution < -0.4 is 16.4 Å². The number of carbonyl (C=O) groups excluding carboxylic acids is 3. The van der Waals surface area contributed by atoms with Gasteiger partial charge < -0.3 is 25.8 Å². The van der Waals surface area contributed by atoms with Gasteiger partial charge in [-0.15, -0.1) is 0 Å². The summed E-state index contributed by atoms with van der Waals surface area (Å²) >= 11 is 0. The molecule has 31 heavy (non-hydrogen) atoms. The number of carbonyl (C=O) groups is 3. The van der Waals surface area contributed by atoms with E-state index in [4.69, 9.17) is 15.2 Å². The van der Waals surface area contributed by atoms with Crippen LogP contribution in [0.5, 0.6) is 0 Å². The minimum atomic E-state index is -0.703. The Kier molecular flexibility index (Phi) is 11.6. The number of ether oxygens (including phenoxy) is 2. The molecule has 8 heteroatoms. The minimum Gasteiger partial charge on any atom is -0.469 e. The van der Waals surface area contributed by atoms with E-state index >= 15 is 0 Å². The van der Waals surface area contributed by atoms with E-state index in [-0.39, 0.29) is 30.8 Å². The average molecular weight is 436 g/mol. The van der Waals surface area contributed by atoms with E-state index in [0.717, 1.165) is 12.0 Å². The predicted molar refractivity (Wildman–Crippen MR) is 119 cm³/mol. The summed E-state index contributed by atoms with van der Waals surface area (Å²) < 4.78 is 10.1. The van der Waals surface area contributed by atoms with Crippen LogP contribution in [0.15, 0.2) is 30.3 Å². The van der Waals surface area contributed by atoms with Crippen molar-refractivity contribution in [2.24, 2.45) is 17.6 Å². The molecule has 1 rings (SSSR count). The zero-order valence-electron chi connectivity index (χ0n) is 19.2. The molecule has 0 saturated carbocycles. The molecular formula is C23H37N3O5. The summed E-state index contributed by atoms with van der Waals surface area (Å²) in [6, 6.07) is 7.38. The Bertz CT molecular complexity index is 696. The van der Waals surface area contributed by atoms with Gasteiger partial charge in [-0.05, 0) is 23.8 Å². The van der Waals surface area contributed by atoms with Crippen molar-refractivity contribution in [3.05, 3.63) is 35.9 Å². The third kappa shape index (κ3) is 9.83. The second kappa shape index (κ2) is 13.6. The summed E-state index contributed by atoms with van der Waals surface area (Å²) in [4.78, 5) is 37.1. The van der Waals surface area contributed by atoms with E-state index in [9.17, 15) is 14.4 Å². The summed E-state index contributed by atoms with van der Waals surface area (Å²) in [5.74, 6) is -0.605. The van der Waals surface area contributed by atoms with Gasteiger partial charge in [-0.2, -0.15) is 0 Å². The Hall–Kier alpha value is -2.61. The number of methoxy groups -OCH3 is 1. The van der Waals surface area contributed by atoms with Crippen molar-refractivity contribution in [2.75, 3.05) is 7.11 Å². The molecule has 1 aromatic rings. The van der Waals surface area contributed by atoms with Gasteiger partial charge in [0, 0.05) is 0 Å². The van der Waals surface area contributed by atoms with E-state index in [2.05, 4.69) is 10.6 Å². The molecule has 4 atom stereocenters. The lowest BCUT2D eigenvalue weighted by Gasteiger charge is -2.31. The molecule has 0 heterocycles. The zero-order chi connectivity index (χ0) is 23.4. The molecule has 4 N–H and O–H groups in total. The number of nitrogens with one attached hydrogen (secondary N) is 2. The van der Waals surface area contributed by atoms with Crippen LogP contribution in [0.2, 0.25) is 0 Å². The monoisotopic (exact) mass is 435 g/mol. The summed E-state index contributed by atoms with van der Waals surface area (Å²) in [7, 11) is 1.28. The largest absolute Gasteiger partial charge is 0.469 e. The van der Waals surface area contributed by atoms with Gasteiger partial charge in [0.25, 0.3) is 0 Å². The normalized spacial score (nSPS) is 14.8. The van der Waals surface area contributed by atoms with E-state index in [1.807, 2.05) is 58.0 Å². The maximum absolute atomic E-state index is 12.7. The quantitative estimate of drug-likeness (QED) is 0.434. The van der Waals surface area contributed by atoms with Crippen molar-refractivity contribution in [2.45, 2.75) is 71.7 Å². The molecule has 0 aromatic heterocycles. The molecule has 0 spiro atoms. The molecule has 1 aromatic carbocycles. The first-order valence-corrected chi connectivity index (χ1v) is 10.8. The summed E-state index contributed by atoms with van der Waals surface area (Å²) in [5.41, 5.74) is 6.92. The van der Waals surface area contributed by atoms with Crippen LogP contribution in [0.25, 0.3) is 0 Å². The second-order valence-corrected chi connectivity index (χ2v) is 8.25. The van der Waals surface area contributed by atoms with Gasteiger partial charge in [0.1, 0.15) is 6.61 Å². The molecule has 0 unspecified atom stereocenters. The van der Waals surface area contributed by atoms with E-state index < -0.39 is 30.2 Å². The third-order valence-corrected chi connectivity index (χ3v) is 5.23. The third-order valence-electron chi connectivity index (χ3n) is 5.23. The van der Waals surface area contributed by atoms with Crippen LogP contribution in [0.4, 0.5) is 4.79 Å². The summed E-state index contributed by atoms with van der Waals surface area (Å²) in [5, 5.41) is 5.66. The Balaban J connectivity index is 2.92. The van der Waals surface area contributed by atoms with Gasteiger partial charge in [0.15, 0.2) is 0 Å². The molecule has 8 nitrogen and oxygen atoms in total. The smallest absolute Gasteiger partial charge is 0.407 e. The molecule has 0 saturated heterocycles. The highest BCUT2D eigenvalue weighted by atomic mass is 16.5. The maximum Gasteiger partial charge on any atom is 0.407 e. The molecule has 0 fully saturated rings. The van der Waals surface area contributed by atoms with Crippen molar-refractivity contribution >= 4 is 18.0 Å². The van der Waals surface area contributed by atoms with E-state index in [1.165, 1.54) is 7.11 Å². The lowest BCUT2D eigenvalue weighted by Crippen LogP contribution is -2.57. The fourth-order valence-electron chi connectivity index (χ4n) is 3.10. The Morgan fingerprint density at radius 3 is 2.23 bits per heavy atom. The SMILES string of the molecule is CC[C@H](C)[C@H](N)C(=O)N[C@@H](CC(C)C)[C@H](CC(=O)OC)NC(=O)OCc1ccccc1. The number of benzene rings is 1. The van der Waals surface area contributed by atoms with Crippen LogP contribution in [-0.2, 0) is 25.7 Å². The number of amides is 2. The molecule has 174 valence electrons. The van der Waals surface area contributed by atoms with Gasteiger partial charge >= 0.3 is 12.1 Å². The van der Waals surface area contributed by atoms with Crippen molar-refractivity contribution in [1.29, 1.82) is 0 Å². The minimum absolute atomic E-state index is 0.00236. The van der Waals surface area contributed by atoms with Crippen molar-refractivity contribution < 1.29 is 23.9 Å². The average Bonchev–Trinajstić information content (AvgIpc) is 2.75. The van der Waals surface area contributed by atoms with Crippen LogP contribution in [0.1, 0.15) is 52.5 Å². The number of esters is 1. The maximum atomic E-state index is 12.7. The van der Waals surface area contributed by atoms with Crippen LogP contribution in [0, 0.1) is 11.8 Å². The Labute approximate surface area is 185 Å². The fourth-order valence-corrected chi connectivity index (χ4v) is 3.10. The van der Waals surface area contributed by atoms with Gasteiger partial charge in [-0.25, -0.2) is 4.79 Å². The zero-order valence-corrected chi connectivity index (χ0v) is 19.2. The first kappa shape index (κ1) is 26.4. The molecule has 2 amide bonds. The van der Waals surface area contributed by atoms with Crippen molar-refractivity contribution in [1.82, 2.24) is 10.6 Å². The van der Waals surface area contributed by atoms with Crippen LogP contribution >= 0.6 is 0 Å². The molecule has 0 radical (unpaired) electrons. The predicted octanol–water partition coefficient (Wildman–Crippen LogP) is 2.75. The molecule has 0 aliphatic rings. The van der Waals surface area contributed by atoms with Crippen molar-refractivity contribution in [3.63, 3.8) is 0 Å². The van der Waals surface area contributed by atoms with Gasteiger partial charge in [-0.3, -0.25) is 9.59 Å². The molecule has 0 aliphatic heterocycles. The number of nitrogens with two attached hydrogens (primary N) is 1. The second-order valence-electron chi connectivity index (χ2n) is 8.25. The number of hydrogen-bond acceptors (Lipinski definition) is 6. The first-order chi connectivity index (χ1) is 14.7. The van der Waals surface area contributed by atoms with Crippen molar-refractivity contribution in [3.8, 4) is 0 Å². The molecule has 0 bridgehead atoms. The fraction of sp³-hybridized carbons (Fsp3) is 0.609. The van der Waals surface area contributed by atoms with Crippen LogP contribution in [0.3, 0.4) is 0 Å². The highest BCUT2D eigenvalue weighted by Crippen LogP contribution is 2.14.